The van der Waals surface area contributed by atoms with Gasteiger partial charge in [-0.1, -0.05) is 89.7 Å². The first kappa shape index (κ1) is 44.4. The van der Waals surface area contributed by atoms with Crippen molar-refractivity contribution >= 4 is 23.2 Å². The summed E-state index contributed by atoms with van der Waals surface area (Å²) in [6, 6.07) is 6.36. The van der Waals surface area contributed by atoms with Gasteiger partial charge in [0.05, 0.1) is 25.0 Å². The van der Waals surface area contributed by atoms with Gasteiger partial charge in [0.1, 0.15) is 41.5 Å². The predicted molar refractivity (Wildman–Crippen MR) is 197 cm³/mol. The lowest BCUT2D eigenvalue weighted by Crippen LogP contribution is -2.59. The highest BCUT2D eigenvalue weighted by Gasteiger charge is 2.44. The number of rotatable bonds is 27. The normalized spacial score (nSPS) is 22.9. The number of allylic oxidation sites excluding steroid dienone is 1. The van der Waals surface area contributed by atoms with Crippen molar-refractivity contribution in [1.82, 2.24) is 0 Å². The topological polar surface area (TPSA) is 224 Å². The molecular formula is C40H61NO12. The van der Waals surface area contributed by atoms with Crippen LogP contribution in [0.25, 0.3) is 0 Å². The number of ether oxygens (including phenoxy) is 2. The van der Waals surface area contributed by atoms with Gasteiger partial charge in [0.2, 0.25) is 0 Å². The first-order valence-corrected chi connectivity index (χ1v) is 19.4. The Morgan fingerprint density at radius 3 is 1.92 bits per heavy atom. The van der Waals surface area contributed by atoms with Crippen molar-refractivity contribution in [3.05, 3.63) is 41.2 Å². The number of phenols is 1. The van der Waals surface area contributed by atoms with Crippen molar-refractivity contribution in [1.29, 1.82) is 0 Å². The molecule has 13 heteroatoms. The summed E-state index contributed by atoms with van der Waals surface area (Å²) in [6.45, 7) is 1.14. The number of aliphatic hydroxyl groups is 6. The van der Waals surface area contributed by atoms with Gasteiger partial charge in [-0.3, -0.25) is 14.4 Å². The lowest BCUT2D eigenvalue weighted by Gasteiger charge is -2.39. The smallest absolute Gasteiger partial charge is 0.284 e. The van der Waals surface area contributed by atoms with Crippen LogP contribution in [0.1, 0.15) is 122 Å². The zero-order valence-electron chi connectivity index (χ0n) is 31.1. The maximum atomic E-state index is 12.9. The number of amides is 1. The molecule has 0 saturated carbocycles. The highest BCUT2D eigenvalue weighted by Crippen LogP contribution is 2.25. The summed E-state index contributed by atoms with van der Waals surface area (Å²) < 4.78 is 10.7. The van der Waals surface area contributed by atoms with Crippen LogP contribution in [-0.4, -0.2) is 109 Å². The van der Waals surface area contributed by atoms with Crippen molar-refractivity contribution in [2.24, 2.45) is 10.9 Å². The molecule has 2 aliphatic heterocycles. The number of nitrogens with zero attached hydrogens (tertiary/aromatic N) is 1. The van der Waals surface area contributed by atoms with Crippen LogP contribution in [0.2, 0.25) is 0 Å². The molecule has 7 atom stereocenters. The van der Waals surface area contributed by atoms with Crippen molar-refractivity contribution in [2.75, 3.05) is 13.2 Å². The average molecular weight is 748 g/mol. The number of ketones is 2. The molecule has 3 rings (SSSR count). The van der Waals surface area contributed by atoms with Crippen molar-refractivity contribution < 1.29 is 59.6 Å². The average Bonchev–Trinajstić information content (AvgIpc) is 3.42. The van der Waals surface area contributed by atoms with Crippen molar-refractivity contribution in [3.8, 4) is 5.75 Å². The third kappa shape index (κ3) is 15.0. The molecule has 0 bridgehead atoms. The summed E-state index contributed by atoms with van der Waals surface area (Å²) in [6.07, 6.45) is 7.58. The number of carbonyl (C=O) groups excluding carboxylic acids is 3. The second kappa shape index (κ2) is 23.7. The number of phenolic OH excluding ortho intramolecular Hbond substituents is 1. The Morgan fingerprint density at radius 2 is 1.34 bits per heavy atom. The zero-order valence-corrected chi connectivity index (χ0v) is 31.1. The first-order valence-electron chi connectivity index (χ1n) is 19.4. The third-order valence-corrected chi connectivity index (χ3v) is 10.1. The van der Waals surface area contributed by atoms with E-state index < -0.39 is 55.2 Å². The number of carbonyl (C=O) groups is 3. The van der Waals surface area contributed by atoms with E-state index in [-0.39, 0.29) is 41.6 Å². The highest BCUT2D eigenvalue weighted by molar-refractivity contribution is 6.31. The first-order chi connectivity index (χ1) is 25.4. The van der Waals surface area contributed by atoms with Gasteiger partial charge in [-0.15, -0.1) is 0 Å². The Morgan fingerprint density at radius 1 is 0.792 bits per heavy atom. The maximum absolute atomic E-state index is 12.9. The molecule has 1 fully saturated rings. The molecule has 1 amide bonds. The largest absolute Gasteiger partial charge is 0.508 e. The van der Waals surface area contributed by atoms with E-state index in [4.69, 9.17) is 9.47 Å². The lowest BCUT2D eigenvalue weighted by molar-refractivity contribution is -0.304. The van der Waals surface area contributed by atoms with E-state index in [9.17, 15) is 50.1 Å². The monoisotopic (exact) mass is 747 g/mol. The predicted octanol–water partition coefficient (Wildman–Crippen LogP) is 4.31. The second-order valence-electron chi connectivity index (χ2n) is 14.6. The van der Waals surface area contributed by atoms with Gasteiger partial charge in [-0.25, -0.2) is 4.99 Å². The molecule has 2 heterocycles. The molecule has 0 aromatic heterocycles. The summed E-state index contributed by atoms with van der Waals surface area (Å²) in [5.74, 6) is -1.41. The van der Waals surface area contributed by atoms with Gasteiger partial charge < -0.3 is 45.2 Å². The summed E-state index contributed by atoms with van der Waals surface area (Å²) >= 11 is 0. The molecule has 0 spiro atoms. The van der Waals surface area contributed by atoms with E-state index in [2.05, 4.69) is 4.99 Å². The quantitative estimate of drug-likeness (QED) is 0.0494. The summed E-state index contributed by atoms with van der Waals surface area (Å²) in [4.78, 5) is 41.5. The summed E-state index contributed by atoms with van der Waals surface area (Å²) in [7, 11) is 0. The number of aliphatic hydroxyl groups excluding tert-OH is 6. The maximum Gasteiger partial charge on any atom is 0.284 e. The van der Waals surface area contributed by atoms with Crippen LogP contribution in [0.5, 0.6) is 5.75 Å². The fourth-order valence-corrected chi connectivity index (χ4v) is 6.69. The van der Waals surface area contributed by atoms with Crippen LogP contribution in [0.15, 0.2) is 40.6 Å². The number of benzene rings is 1. The van der Waals surface area contributed by atoms with Gasteiger partial charge in [-0.2, -0.15) is 0 Å². The van der Waals surface area contributed by atoms with E-state index in [1.165, 1.54) is 12.1 Å². The number of Topliss-reactive ketones (excluding diaryl/α,β-unsaturated/α-hetero) is 2. The molecule has 53 heavy (non-hydrogen) atoms. The van der Waals surface area contributed by atoms with Crippen LogP contribution >= 0.6 is 0 Å². The van der Waals surface area contributed by atoms with Gasteiger partial charge in [0.25, 0.3) is 5.91 Å². The minimum absolute atomic E-state index is 0.0973. The Hall–Kier alpha value is -3.04. The second-order valence-corrected chi connectivity index (χ2v) is 14.6. The standard InChI is InChI=1S/C40H61NO12/c1-26(34(46)33-35(47)31(41-39(33)51)23-27-19-21-29(44)22-20-27)15-11-7-5-6-9-13-17-28(43)16-12-8-3-2-4-10-14-18-30(45)25-52-40-38(50)37(49)36(48)32(24-42)53-40/h19-22,26,30,32,36-38,40,42,44-45,47-50H,2-18,23-25H2,1H3/t26?,30?,32-,36-,37+,38+,40-/m1/s1. The number of hydrogen-bond acceptors (Lipinski definition) is 12. The van der Waals surface area contributed by atoms with Crippen molar-refractivity contribution in [2.45, 2.75) is 159 Å². The van der Waals surface area contributed by atoms with Gasteiger partial charge in [0, 0.05) is 25.2 Å². The minimum Gasteiger partial charge on any atom is -0.508 e. The van der Waals surface area contributed by atoms with Crippen molar-refractivity contribution in [3.63, 3.8) is 0 Å². The number of unbranched alkanes of at least 4 members (excludes halogenated alkanes) is 11. The Bertz CT molecular complexity index is 1340. The van der Waals surface area contributed by atoms with Crippen LogP contribution < -0.4 is 0 Å². The molecule has 0 aliphatic carbocycles. The Balaban J connectivity index is 1.12. The molecule has 0 radical (unpaired) electrons. The molecule has 298 valence electrons. The Kier molecular flexibility index (Phi) is 19.8. The summed E-state index contributed by atoms with van der Waals surface area (Å²) in [5, 5.41) is 69.1. The zero-order chi connectivity index (χ0) is 38.8. The molecule has 1 aromatic carbocycles. The van der Waals surface area contributed by atoms with E-state index >= 15 is 0 Å². The number of aliphatic imine (C=N–C) groups is 1. The molecule has 2 unspecified atom stereocenters. The Labute approximate surface area is 312 Å². The highest BCUT2D eigenvalue weighted by atomic mass is 16.7. The number of hydrogen-bond donors (Lipinski definition) is 7. The lowest BCUT2D eigenvalue weighted by atomic mass is 9.92. The molecule has 1 aromatic rings. The van der Waals surface area contributed by atoms with Crippen LogP contribution in [0.4, 0.5) is 0 Å². The fraction of sp³-hybridized carbons (Fsp3) is 0.700. The van der Waals surface area contributed by atoms with Gasteiger partial charge in [-0.05, 0) is 43.4 Å². The van der Waals surface area contributed by atoms with E-state index in [1.54, 1.807) is 19.1 Å². The molecule has 13 nitrogen and oxygen atoms in total. The number of aromatic hydroxyl groups is 1. The third-order valence-electron chi connectivity index (χ3n) is 10.1. The minimum atomic E-state index is -1.51. The van der Waals surface area contributed by atoms with E-state index in [0.29, 0.717) is 31.5 Å². The van der Waals surface area contributed by atoms with Gasteiger partial charge in [0.15, 0.2) is 17.8 Å². The van der Waals surface area contributed by atoms with Crippen LogP contribution in [0.3, 0.4) is 0 Å². The molecule has 1 saturated heterocycles. The molecular weight excluding hydrogens is 686 g/mol. The van der Waals surface area contributed by atoms with Crippen LogP contribution in [0, 0.1) is 5.92 Å². The van der Waals surface area contributed by atoms with Crippen LogP contribution in [-0.2, 0) is 30.3 Å². The van der Waals surface area contributed by atoms with E-state index in [1.807, 2.05) is 0 Å². The van der Waals surface area contributed by atoms with E-state index in [0.717, 1.165) is 89.0 Å². The summed E-state index contributed by atoms with van der Waals surface area (Å²) in [5.41, 5.74) is 0.687. The molecule has 7 N–H and O–H groups in total. The SMILES string of the molecule is CC(CCCCCCCCC(=O)CCCCCCCCCC(O)CO[C@@H]1O[C@H](CO)[C@@H](O)[C@H](O)[C@@H]1O)C(=O)C1=C(O)C(Cc2ccc(O)cc2)=NC1=O. The molecule has 2 aliphatic rings. The fourth-order valence-electron chi connectivity index (χ4n) is 6.69. The van der Waals surface area contributed by atoms with Gasteiger partial charge >= 0.3 is 0 Å².